The molecular formula is C22H45IN6O2. The zero-order valence-electron chi connectivity index (χ0n) is 20.3. The Morgan fingerprint density at radius 2 is 1.74 bits per heavy atom. The van der Waals surface area contributed by atoms with Crippen LogP contribution in [0.1, 0.15) is 53.9 Å². The number of alkyl carbamates (subject to hydrolysis) is 1. The molecule has 0 aliphatic carbocycles. The van der Waals surface area contributed by atoms with Gasteiger partial charge in [-0.1, -0.05) is 6.92 Å². The summed E-state index contributed by atoms with van der Waals surface area (Å²) >= 11 is 0. The van der Waals surface area contributed by atoms with Crippen LogP contribution >= 0.6 is 24.0 Å². The van der Waals surface area contributed by atoms with Crippen molar-refractivity contribution in [2.45, 2.75) is 65.5 Å². The molecule has 0 bridgehead atoms. The van der Waals surface area contributed by atoms with Gasteiger partial charge < -0.3 is 30.1 Å². The van der Waals surface area contributed by atoms with Crippen molar-refractivity contribution in [2.24, 2.45) is 4.99 Å². The number of carbonyl (C=O) groups is 1. The molecule has 2 aliphatic rings. The van der Waals surface area contributed by atoms with Gasteiger partial charge in [0, 0.05) is 52.4 Å². The third-order valence-corrected chi connectivity index (χ3v) is 5.60. The van der Waals surface area contributed by atoms with Crippen molar-refractivity contribution >= 4 is 36.0 Å². The van der Waals surface area contributed by atoms with E-state index in [1.54, 1.807) is 0 Å². The number of aliphatic imine (C=N–C) groups is 1. The van der Waals surface area contributed by atoms with E-state index in [9.17, 15) is 4.79 Å². The minimum atomic E-state index is -0.470. The van der Waals surface area contributed by atoms with E-state index in [0.717, 1.165) is 45.0 Å². The molecule has 1 amide bonds. The number of hydrogen-bond acceptors (Lipinski definition) is 5. The normalized spacial score (nSPS) is 21.0. The number of nitrogens with zero attached hydrogens (tertiary/aromatic N) is 4. The van der Waals surface area contributed by atoms with Gasteiger partial charge in [0.1, 0.15) is 5.60 Å². The van der Waals surface area contributed by atoms with Crippen molar-refractivity contribution in [3.8, 4) is 0 Å². The van der Waals surface area contributed by atoms with Crippen LogP contribution in [0, 0.1) is 0 Å². The van der Waals surface area contributed by atoms with Gasteiger partial charge in [-0.3, -0.25) is 4.99 Å². The fraction of sp³-hybridized carbons (Fsp3) is 0.909. The molecule has 2 fully saturated rings. The summed E-state index contributed by atoms with van der Waals surface area (Å²) < 4.78 is 5.38. The van der Waals surface area contributed by atoms with E-state index in [1.165, 1.54) is 45.7 Å². The van der Waals surface area contributed by atoms with E-state index >= 15 is 0 Å². The third kappa shape index (κ3) is 11.1. The number of likely N-dealkylation sites (N-methyl/N-ethyl adjacent to an activating group) is 1. The maximum absolute atomic E-state index is 12.0. The van der Waals surface area contributed by atoms with Gasteiger partial charge in [-0.25, -0.2) is 4.79 Å². The van der Waals surface area contributed by atoms with E-state index in [4.69, 9.17) is 9.73 Å². The molecule has 2 rings (SSSR count). The topological polar surface area (TPSA) is 72.4 Å². The monoisotopic (exact) mass is 552 g/mol. The molecule has 2 saturated heterocycles. The second-order valence-electron chi connectivity index (χ2n) is 9.30. The first-order valence-corrected chi connectivity index (χ1v) is 11.8. The quantitative estimate of drug-likeness (QED) is 0.209. The van der Waals surface area contributed by atoms with Crippen LogP contribution in [0.15, 0.2) is 4.99 Å². The summed E-state index contributed by atoms with van der Waals surface area (Å²) in [5, 5.41) is 6.39. The van der Waals surface area contributed by atoms with Crippen LogP contribution in [0.5, 0.6) is 0 Å². The molecule has 2 N–H and O–H groups in total. The maximum atomic E-state index is 12.0. The van der Waals surface area contributed by atoms with Crippen LogP contribution in [-0.4, -0.2) is 104 Å². The molecule has 0 radical (unpaired) electrons. The van der Waals surface area contributed by atoms with Crippen LogP contribution in [0.25, 0.3) is 0 Å². The van der Waals surface area contributed by atoms with Crippen molar-refractivity contribution in [1.29, 1.82) is 0 Å². The highest BCUT2D eigenvalue weighted by Crippen LogP contribution is 2.12. The van der Waals surface area contributed by atoms with Crippen molar-refractivity contribution in [3.63, 3.8) is 0 Å². The number of amides is 1. The van der Waals surface area contributed by atoms with Gasteiger partial charge in [0.25, 0.3) is 0 Å². The molecule has 0 spiro atoms. The lowest BCUT2D eigenvalue weighted by Gasteiger charge is -2.33. The number of unbranched alkanes of at least 4 members (excludes halogenated alkanes) is 1. The van der Waals surface area contributed by atoms with Gasteiger partial charge in [-0.15, -0.1) is 24.0 Å². The van der Waals surface area contributed by atoms with E-state index in [2.05, 4.69) is 39.2 Å². The zero-order valence-corrected chi connectivity index (χ0v) is 22.6. The molecule has 8 nitrogen and oxygen atoms in total. The highest BCUT2D eigenvalue weighted by atomic mass is 127. The number of nitrogens with one attached hydrogen (secondary N) is 2. The highest BCUT2D eigenvalue weighted by Gasteiger charge is 2.27. The lowest BCUT2D eigenvalue weighted by Crippen LogP contribution is -2.46. The Balaban J connectivity index is 0.00000480. The third-order valence-electron chi connectivity index (χ3n) is 5.60. The molecule has 0 saturated carbocycles. The van der Waals surface area contributed by atoms with Crippen LogP contribution < -0.4 is 10.6 Å². The molecule has 0 aromatic carbocycles. The molecule has 1 unspecified atom stereocenters. The molecule has 0 aromatic heterocycles. The minimum Gasteiger partial charge on any atom is -0.444 e. The molecule has 2 aliphatic heterocycles. The Morgan fingerprint density at radius 3 is 2.35 bits per heavy atom. The van der Waals surface area contributed by atoms with Crippen LogP contribution in [0.2, 0.25) is 0 Å². The smallest absolute Gasteiger partial charge is 0.407 e. The number of hydrogen-bond donors (Lipinski definition) is 2. The molecule has 2 heterocycles. The van der Waals surface area contributed by atoms with Crippen LogP contribution in [0.4, 0.5) is 4.79 Å². The zero-order chi connectivity index (χ0) is 22.0. The molecule has 9 heteroatoms. The highest BCUT2D eigenvalue weighted by molar-refractivity contribution is 14.0. The SMILES string of the molecule is CCNC(=NCCCCN1CCN(CC)CC1)N1CCC(NC(=O)OC(C)(C)C)C1.I. The summed E-state index contributed by atoms with van der Waals surface area (Å²) in [6, 6.07) is 0.102. The van der Waals surface area contributed by atoms with E-state index in [0.29, 0.717) is 0 Å². The van der Waals surface area contributed by atoms with Crippen molar-refractivity contribution < 1.29 is 9.53 Å². The van der Waals surface area contributed by atoms with Crippen LogP contribution in [0.3, 0.4) is 0 Å². The second kappa shape index (κ2) is 14.4. The Morgan fingerprint density at radius 1 is 1.06 bits per heavy atom. The van der Waals surface area contributed by atoms with Gasteiger partial charge in [-0.05, 0) is 60.0 Å². The summed E-state index contributed by atoms with van der Waals surface area (Å²) in [4.78, 5) is 24.2. The van der Waals surface area contributed by atoms with Gasteiger partial charge in [0.2, 0.25) is 0 Å². The van der Waals surface area contributed by atoms with Gasteiger partial charge in [0.05, 0.1) is 6.04 Å². The lowest BCUT2D eigenvalue weighted by molar-refractivity contribution is 0.0507. The first-order valence-electron chi connectivity index (χ1n) is 11.8. The molecule has 1 atom stereocenters. The van der Waals surface area contributed by atoms with Gasteiger partial charge in [-0.2, -0.15) is 0 Å². The molecule has 31 heavy (non-hydrogen) atoms. The average molecular weight is 553 g/mol. The first-order chi connectivity index (χ1) is 14.3. The Kier molecular flexibility index (Phi) is 13.1. The second-order valence-corrected chi connectivity index (χ2v) is 9.30. The summed E-state index contributed by atoms with van der Waals surface area (Å²) in [7, 11) is 0. The summed E-state index contributed by atoms with van der Waals surface area (Å²) in [6.45, 7) is 20.5. The summed E-state index contributed by atoms with van der Waals surface area (Å²) in [5.74, 6) is 0.961. The number of carbonyl (C=O) groups excluding carboxylic acids is 1. The van der Waals surface area contributed by atoms with Crippen LogP contribution in [-0.2, 0) is 4.74 Å². The van der Waals surface area contributed by atoms with Crippen molar-refractivity contribution in [2.75, 3.05) is 65.4 Å². The fourth-order valence-electron chi connectivity index (χ4n) is 3.93. The van der Waals surface area contributed by atoms with E-state index in [1.807, 2.05) is 20.8 Å². The molecular weight excluding hydrogens is 507 g/mol. The number of piperazine rings is 1. The average Bonchev–Trinajstić information content (AvgIpc) is 3.14. The van der Waals surface area contributed by atoms with Crippen molar-refractivity contribution in [1.82, 2.24) is 25.3 Å². The standard InChI is InChI=1S/C22H44N6O2.HI/c1-6-23-20(24-11-8-9-12-27-16-14-26(7-2)15-17-27)28-13-10-19(18-28)25-21(29)30-22(3,4)5;/h19H,6-18H2,1-5H3,(H,23,24)(H,25,29);1H. The minimum absolute atomic E-state index is 0. The summed E-state index contributed by atoms with van der Waals surface area (Å²) in [5.41, 5.74) is -0.470. The molecule has 182 valence electrons. The lowest BCUT2D eigenvalue weighted by atomic mass is 10.2. The predicted octanol–water partition coefficient (Wildman–Crippen LogP) is 2.59. The largest absolute Gasteiger partial charge is 0.444 e. The van der Waals surface area contributed by atoms with E-state index in [-0.39, 0.29) is 36.1 Å². The Bertz CT molecular complexity index is 547. The maximum Gasteiger partial charge on any atom is 0.407 e. The number of ether oxygens (including phenoxy) is 1. The first kappa shape index (κ1) is 28.2. The number of halogens is 1. The Labute approximate surface area is 206 Å². The Hall–Kier alpha value is -0.810. The predicted molar refractivity (Wildman–Crippen MR) is 139 cm³/mol. The number of rotatable bonds is 8. The van der Waals surface area contributed by atoms with Gasteiger partial charge in [0.15, 0.2) is 5.96 Å². The fourth-order valence-corrected chi connectivity index (χ4v) is 3.93. The number of likely N-dealkylation sites (tertiary alicyclic amines) is 1. The summed E-state index contributed by atoms with van der Waals surface area (Å²) in [6.07, 6.45) is 2.87. The van der Waals surface area contributed by atoms with Gasteiger partial charge >= 0.3 is 6.09 Å². The van der Waals surface area contributed by atoms with E-state index < -0.39 is 5.60 Å². The number of guanidine groups is 1. The molecule has 0 aromatic rings. The van der Waals surface area contributed by atoms with Crippen molar-refractivity contribution in [3.05, 3.63) is 0 Å².